The molecule has 1 rings (SSSR count). The summed E-state index contributed by atoms with van der Waals surface area (Å²) >= 11 is 0. The average Bonchev–Trinajstić information content (AvgIpc) is 2.15. The Bertz CT molecular complexity index is 390. The molecule has 1 atom stereocenters. The maximum atomic E-state index is 12.2. The first kappa shape index (κ1) is 13.3. The minimum Gasteiger partial charge on any atom is -0.481 e. The summed E-state index contributed by atoms with van der Waals surface area (Å²) in [5.74, 6) is -0.774. The van der Waals surface area contributed by atoms with E-state index in [1.54, 1.807) is 6.92 Å². The van der Waals surface area contributed by atoms with E-state index >= 15 is 0 Å². The molecule has 1 heterocycles. The van der Waals surface area contributed by atoms with Crippen LogP contribution in [0.1, 0.15) is 18.9 Å². The minimum atomic E-state index is -4.42. The molecule has 1 aromatic rings. The van der Waals surface area contributed by atoms with E-state index in [0.717, 1.165) is 6.07 Å². The lowest BCUT2D eigenvalue weighted by Crippen LogP contribution is -2.20. The van der Waals surface area contributed by atoms with Crippen molar-refractivity contribution in [3.63, 3.8) is 0 Å². The minimum absolute atomic E-state index is 0.136. The molecule has 0 amide bonds. The molecule has 4 nitrogen and oxygen atoms in total. The lowest BCUT2D eigenvalue weighted by molar-refractivity contribution is -0.138. The monoisotopic (exact) mass is 248 g/mol. The summed E-state index contributed by atoms with van der Waals surface area (Å²) in [5, 5.41) is 11.2. The van der Waals surface area contributed by atoms with E-state index in [1.165, 1.54) is 6.07 Å². The first-order chi connectivity index (χ1) is 7.79. The van der Waals surface area contributed by atoms with Crippen LogP contribution in [0.25, 0.3) is 0 Å². The number of aromatic nitrogens is 1. The van der Waals surface area contributed by atoms with E-state index in [1.807, 2.05) is 0 Å². The van der Waals surface area contributed by atoms with E-state index in [2.05, 4.69) is 10.3 Å². The lowest BCUT2D eigenvalue weighted by Gasteiger charge is -2.13. The van der Waals surface area contributed by atoms with Gasteiger partial charge in [-0.05, 0) is 19.1 Å². The highest BCUT2D eigenvalue weighted by Crippen LogP contribution is 2.28. The maximum absolute atomic E-state index is 12.2. The number of halogens is 3. The molecular formula is C10H11F3N2O2. The summed E-state index contributed by atoms with van der Waals surface area (Å²) < 4.78 is 36.6. The van der Waals surface area contributed by atoms with Crippen molar-refractivity contribution in [1.29, 1.82) is 0 Å². The zero-order chi connectivity index (χ0) is 13.1. The fourth-order valence-corrected chi connectivity index (χ4v) is 1.21. The van der Waals surface area contributed by atoms with Gasteiger partial charge >= 0.3 is 12.1 Å². The number of hydrogen-bond acceptors (Lipinski definition) is 3. The number of carboxylic acid groups (broad SMARTS) is 1. The van der Waals surface area contributed by atoms with Crippen molar-refractivity contribution in [3.05, 3.63) is 23.9 Å². The molecule has 17 heavy (non-hydrogen) atoms. The molecule has 0 saturated carbocycles. The molecule has 1 unspecified atom stereocenters. The fourth-order valence-electron chi connectivity index (χ4n) is 1.21. The number of aliphatic carboxylic acids is 1. The highest BCUT2D eigenvalue weighted by Gasteiger charge is 2.30. The Morgan fingerprint density at radius 1 is 1.53 bits per heavy atom. The van der Waals surface area contributed by atoms with E-state index in [-0.39, 0.29) is 12.2 Å². The van der Waals surface area contributed by atoms with Gasteiger partial charge in [0.1, 0.15) is 5.82 Å². The molecule has 0 aliphatic rings. The van der Waals surface area contributed by atoms with Gasteiger partial charge in [-0.3, -0.25) is 4.79 Å². The van der Waals surface area contributed by atoms with Gasteiger partial charge in [-0.2, -0.15) is 13.2 Å². The molecule has 0 aliphatic carbocycles. The second-order valence-electron chi connectivity index (χ2n) is 3.57. The Hall–Kier alpha value is -1.79. The van der Waals surface area contributed by atoms with Gasteiger partial charge in [-0.25, -0.2) is 4.98 Å². The van der Waals surface area contributed by atoms with Crippen molar-refractivity contribution in [1.82, 2.24) is 4.98 Å². The van der Waals surface area contributed by atoms with Crippen LogP contribution in [0.2, 0.25) is 0 Å². The van der Waals surface area contributed by atoms with Crippen molar-refractivity contribution in [2.75, 3.05) is 5.32 Å². The summed E-state index contributed by atoms with van der Waals surface area (Å²) in [5.41, 5.74) is -0.839. The Kier molecular flexibility index (Phi) is 3.93. The predicted molar refractivity (Wildman–Crippen MR) is 54.6 cm³/mol. The molecule has 0 fully saturated rings. The Labute approximate surface area is 95.5 Å². The molecule has 0 aliphatic heterocycles. The molecule has 0 saturated heterocycles. The predicted octanol–water partition coefficient (Wildman–Crippen LogP) is 2.38. The van der Waals surface area contributed by atoms with E-state index in [4.69, 9.17) is 5.11 Å². The van der Waals surface area contributed by atoms with Gasteiger partial charge in [0.15, 0.2) is 0 Å². The van der Waals surface area contributed by atoms with Crippen molar-refractivity contribution in [3.8, 4) is 0 Å². The molecule has 2 N–H and O–H groups in total. The van der Waals surface area contributed by atoms with E-state index in [9.17, 15) is 18.0 Å². The van der Waals surface area contributed by atoms with E-state index in [0.29, 0.717) is 6.20 Å². The standard InChI is InChI=1S/C10H11F3N2O2/c1-6(4-9(16)17)15-8-3-2-7(5-14-8)10(11,12)13/h2-3,5-6H,4H2,1H3,(H,14,15)(H,16,17). The number of anilines is 1. The summed E-state index contributed by atoms with van der Waals surface area (Å²) in [6.45, 7) is 1.60. The third kappa shape index (κ3) is 4.29. The number of hydrogen-bond donors (Lipinski definition) is 2. The normalized spacial score (nSPS) is 13.2. The molecule has 0 radical (unpaired) electrons. The topological polar surface area (TPSA) is 62.2 Å². The van der Waals surface area contributed by atoms with Crippen LogP contribution in [-0.2, 0) is 11.0 Å². The van der Waals surface area contributed by atoms with Gasteiger partial charge in [0, 0.05) is 12.2 Å². The van der Waals surface area contributed by atoms with Crippen LogP contribution in [-0.4, -0.2) is 22.1 Å². The van der Waals surface area contributed by atoms with Crippen LogP contribution in [0.4, 0.5) is 19.0 Å². The van der Waals surface area contributed by atoms with Crippen LogP contribution in [0.15, 0.2) is 18.3 Å². The second kappa shape index (κ2) is 5.03. The number of carboxylic acids is 1. The molecular weight excluding hydrogens is 237 g/mol. The summed E-state index contributed by atoms with van der Waals surface area (Å²) in [6.07, 6.45) is -3.85. The first-order valence-electron chi connectivity index (χ1n) is 4.80. The average molecular weight is 248 g/mol. The van der Waals surface area contributed by atoms with Gasteiger partial charge in [0.25, 0.3) is 0 Å². The summed E-state index contributed by atoms with van der Waals surface area (Å²) in [7, 11) is 0. The zero-order valence-corrected chi connectivity index (χ0v) is 8.95. The fraction of sp³-hybridized carbons (Fsp3) is 0.400. The van der Waals surface area contributed by atoms with Crippen molar-refractivity contribution < 1.29 is 23.1 Å². The number of rotatable bonds is 4. The number of nitrogens with one attached hydrogen (secondary N) is 1. The highest BCUT2D eigenvalue weighted by atomic mass is 19.4. The van der Waals surface area contributed by atoms with Gasteiger partial charge in [-0.1, -0.05) is 0 Å². The Morgan fingerprint density at radius 3 is 2.59 bits per heavy atom. The lowest BCUT2D eigenvalue weighted by atomic mass is 10.2. The van der Waals surface area contributed by atoms with Gasteiger partial charge in [-0.15, -0.1) is 0 Å². The molecule has 7 heteroatoms. The highest BCUT2D eigenvalue weighted by molar-refractivity contribution is 5.68. The van der Waals surface area contributed by atoms with Crippen molar-refractivity contribution >= 4 is 11.8 Å². The number of nitrogens with zero attached hydrogens (tertiary/aromatic N) is 1. The quantitative estimate of drug-likeness (QED) is 0.858. The van der Waals surface area contributed by atoms with Crippen LogP contribution < -0.4 is 5.32 Å². The van der Waals surface area contributed by atoms with Crippen LogP contribution >= 0.6 is 0 Å². The van der Waals surface area contributed by atoms with Gasteiger partial charge < -0.3 is 10.4 Å². The Morgan fingerprint density at radius 2 is 2.18 bits per heavy atom. The van der Waals surface area contributed by atoms with Gasteiger partial charge in [0.2, 0.25) is 0 Å². The smallest absolute Gasteiger partial charge is 0.417 e. The molecule has 0 spiro atoms. The summed E-state index contributed by atoms with van der Waals surface area (Å²) in [4.78, 5) is 13.9. The zero-order valence-electron chi connectivity index (χ0n) is 8.95. The van der Waals surface area contributed by atoms with Crippen molar-refractivity contribution in [2.24, 2.45) is 0 Å². The third-order valence-corrected chi connectivity index (χ3v) is 1.97. The largest absolute Gasteiger partial charge is 0.481 e. The molecule has 94 valence electrons. The summed E-state index contributed by atoms with van der Waals surface area (Å²) in [6, 6.07) is 1.65. The number of pyridine rings is 1. The molecule has 0 aromatic carbocycles. The second-order valence-corrected chi connectivity index (χ2v) is 3.57. The van der Waals surface area contributed by atoms with Crippen LogP contribution in [0.3, 0.4) is 0 Å². The SMILES string of the molecule is CC(CC(=O)O)Nc1ccc(C(F)(F)F)cn1. The molecule has 1 aromatic heterocycles. The Balaban J connectivity index is 2.66. The van der Waals surface area contributed by atoms with E-state index < -0.39 is 23.8 Å². The number of alkyl halides is 3. The third-order valence-electron chi connectivity index (χ3n) is 1.97. The maximum Gasteiger partial charge on any atom is 0.417 e. The van der Waals surface area contributed by atoms with Crippen LogP contribution in [0, 0.1) is 0 Å². The van der Waals surface area contributed by atoms with Gasteiger partial charge in [0.05, 0.1) is 12.0 Å². The number of carbonyl (C=O) groups is 1. The van der Waals surface area contributed by atoms with Crippen molar-refractivity contribution in [2.45, 2.75) is 25.6 Å². The van der Waals surface area contributed by atoms with Crippen LogP contribution in [0.5, 0.6) is 0 Å². The first-order valence-corrected chi connectivity index (χ1v) is 4.80. The molecule has 0 bridgehead atoms.